The van der Waals surface area contributed by atoms with Gasteiger partial charge in [-0.15, -0.1) is 0 Å². The Balaban J connectivity index is 1.85. The van der Waals surface area contributed by atoms with Crippen molar-refractivity contribution in [3.63, 3.8) is 0 Å². The predicted molar refractivity (Wildman–Crippen MR) is 49.2 cm³/mol. The fourth-order valence-corrected chi connectivity index (χ4v) is 1.48. The van der Waals surface area contributed by atoms with Crippen LogP contribution in [0.1, 0.15) is 26.2 Å². The quantitative estimate of drug-likeness (QED) is 0.746. The Kier molecular flexibility index (Phi) is 2.16. The highest BCUT2D eigenvalue weighted by Gasteiger charge is 2.23. The van der Waals surface area contributed by atoms with E-state index in [0.29, 0.717) is 6.04 Å². The summed E-state index contributed by atoms with van der Waals surface area (Å²) in [6, 6.07) is 0.470. The fraction of sp³-hybridized carbons (Fsp3) is 0.875. The van der Waals surface area contributed by atoms with Gasteiger partial charge in [0.05, 0.1) is 0 Å². The van der Waals surface area contributed by atoms with E-state index in [4.69, 9.17) is 0 Å². The lowest BCUT2D eigenvalue weighted by molar-refractivity contribution is 0.628. The number of hydrogen-bond donors (Lipinski definition) is 1. The second kappa shape index (κ2) is 3.32. The van der Waals surface area contributed by atoms with Gasteiger partial charge >= 0.3 is 0 Å². The number of anilines is 1. The first-order valence-corrected chi connectivity index (χ1v) is 4.74. The summed E-state index contributed by atoms with van der Waals surface area (Å²) in [5.41, 5.74) is 0. The first-order chi connectivity index (χ1) is 6.25. The Bertz CT molecular complexity index is 278. The van der Waals surface area contributed by atoms with Crippen molar-refractivity contribution in [1.29, 1.82) is 0 Å². The average Bonchev–Trinajstić information content (AvgIpc) is 2.79. The van der Waals surface area contributed by atoms with Crippen LogP contribution >= 0.6 is 0 Å². The smallest absolute Gasteiger partial charge is 0.242 e. The largest absolute Gasteiger partial charge is 0.351 e. The van der Waals surface area contributed by atoms with Crippen molar-refractivity contribution in [2.75, 3.05) is 5.32 Å². The minimum absolute atomic E-state index is 0.470. The molecule has 1 aromatic rings. The summed E-state index contributed by atoms with van der Waals surface area (Å²) in [5.74, 6) is 1.69. The summed E-state index contributed by atoms with van der Waals surface area (Å²) in [5, 5.41) is 14.5. The Morgan fingerprint density at radius 1 is 1.62 bits per heavy atom. The zero-order valence-corrected chi connectivity index (χ0v) is 8.06. The second-order valence-corrected chi connectivity index (χ2v) is 3.85. The van der Waals surface area contributed by atoms with Crippen LogP contribution in [0.15, 0.2) is 0 Å². The van der Waals surface area contributed by atoms with E-state index in [1.807, 2.05) is 7.05 Å². The number of nitrogens with zero attached hydrogens (tertiary/aromatic N) is 4. The van der Waals surface area contributed by atoms with Gasteiger partial charge in [0.25, 0.3) is 0 Å². The molecule has 0 aromatic carbocycles. The van der Waals surface area contributed by atoms with Gasteiger partial charge in [-0.3, -0.25) is 0 Å². The van der Waals surface area contributed by atoms with Gasteiger partial charge in [-0.25, -0.2) is 4.68 Å². The van der Waals surface area contributed by atoms with Crippen LogP contribution < -0.4 is 5.32 Å². The molecule has 1 fully saturated rings. The van der Waals surface area contributed by atoms with E-state index in [2.05, 4.69) is 27.8 Å². The van der Waals surface area contributed by atoms with Crippen molar-refractivity contribution < 1.29 is 0 Å². The molecule has 1 aliphatic carbocycles. The van der Waals surface area contributed by atoms with Crippen molar-refractivity contribution in [2.45, 2.75) is 32.2 Å². The maximum atomic E-state index is 3.87. The highest BCUT2D eigenvalue weighted by Crippen LogP contribution is 2.33. The molecule has 5 nitrogen and oxygen atoms in total. The van der Waals surface area contributed by atoms with Gasteiger partial charge < -0.3 is 5.32 Å². The van der Waals surface area contributed by atoms with Crippen LogP contribution in [0.3, 0.4) is 0 Å². The van der Waals surface area contributed by atoms with Gasteiger partial charge in [-0.1, -0.05) is 17.9 Å². The molecule has 5 heteroatoms. The molecule has 0 spiro atoms. The standard InChI is InChI=1S/C8H15N5/c1-6(5-7-3-4-7)9-8-10-11-12-13(8)2/h6-7H,3-5H2,1-2H3,(H,9,10,12). The van der Waals surface area contributed by atoms with Gasteiger partial charge in [0.15, 0.2) is 0 Å². The number of rotatable bonds is 4. The Morgan fingerprint density at radius 2 is 2.38 bits per heavy atom. The molecule has 2 rings (SSSR count). The molecule has 1 aliphatic rings. The van der Waals surface area contributed by atoms with Crippen molar-refractivity contribution >= 4 is 5.95 Å². The Morgan fingerprint density at radius 3 is 2.92 bits per heavy atom. The van der Waals surface area contributed by atoms with E-state index in [9.17, 15) is 0 Å². The van der Waals surface area contributed by atoms with E-state index < -0.39 is 0 Å². The number of tetrazole rings is 1. The van der Waals surface area contributed by atoms with Gasteiger partial charge in [0.1, 0.15) is 0 Å². The number of aromatic nitrogens is 4. The number of hydrogen-bond acceptors (Lipinski definition) is 4. The van der Waals surface area contributed by atoms with Crippen LogP contribution in [0.4, 0.5) is 5.95 Å². The van der Waals surface area contributed by atoms with Crippen molar-refractivity contribution in [3.05, 3.63) is 0 Å². The molecule has 1 aromatic heterocycles. The van der Waals surface area contributed by atoms with Crippen LogP contribution in [0.25, 0.3) is 0 Å². The fourth-order valence-electron chi connectivity index (χ4n) is 1.48. The summed E-state index contributed by atoms with van der Waals surface area (Å²) < 4.78 is 1.66. The molecule has 1 saturated carbocycles. The topological polar surface area (TPSA) is 55.6 Å². The number of nitrogens with one attached hydrogen (secondary N) is 1. The summed E-state index contributed by atoms with van der Waals surface area (Å²) in [7, 11) is 1.84. The molecule has 72 valence electrons. The van der Waals surface area contributed by atoms with Crippen LogP contribution in [-0.2, 0) is 7.05 Å². The highest BCUT2D eigenvalue weighted by molar-refractivity contribution is 5.22. The summed E-state index contributed by atoms with van der Waals surface area (Å²) in [6.07, 6.45) is 4.01. The first kappa shape index (κ1) is 8.47. The van der Waals surface area contributed by atoms with Crippen LogP contribution in [0.2, 0.25) is 0 Å². The average molecular weight is 181 g/mol. The predicted octanol–water partition coefficient (Wildman–Crippen LogP) is 0.811. The van der Waals surface area contributed by atoms with E-state index in [0.717, 1.165) is 11.9 Å². The van der Waals surface area contributed by atoms with Crippen LogP contribution in [0.5, 0.6) is 0 Å². The van der Waals surface area contributed by atoms with Gasteiger partial charge in [0, 0.05) is 13.1 Å². The van der Waals surface area contributed by atoms with E-state index in [-0.39, 0.29) is 0 Å². The third-order valence-electron chi connectivity index (χ3n) is 2.38. The maximum absolute atomic E-state index is 3.87. The summed E-state index contributed by atoms with van der Waals surface area (Å²) in [6.45, 7) is 2.17. The van der Waals surface area contributed by atoms with Crippen molar-refractivity contribution in [3.8, 4) is 0 Å². The zero-order chi connectivity index (χ0) is 9.26. The highest BCUT2D eigenvalue weighted by atomic mass is 15.6. The molecule has 0 aliphatic heterocycles. The van der Waals surface area contributed by atoms with Gasteiger partial charge in [-0.05, 0) is 29.7 Å². The SMILES string of the molecule is CC(CC1CC1)Nc1nnnn1C. The molecule has 1 N–H and O–H groups in total. The minimum atomic E-state index is 0.470. The van der Waals surface area contributed by atoms with Crippen molar-refractivity contribution in [1.82, 2.24) is 20.2 Å². The number of aryl methyl sites for hydroxylation is 1. The Hall–Kier alpha value is -1.13. The van der Waals surface area contributed by atoms with Crippen LogP contribution in [-0.4, -0.2) is 26.2 Å². The lowest BCUT2D eigenvalue weighted by atomic mass is 10.2. The molecule has 1 heterocycles. The summed E-state index contributed by atoms with van der Waals surface area (Å²) in [4.78, 5) is 0. The molecule has 1 unspecified atom stereocenters. The van der Waals surface area contributed by atoms with Crippen molar-refractivity contribution in [2.24, 2.45) is 13.0 Å². The molecule has 0 saturated heterocycles. The third kappa shape index (κ3) is 2.17. The van der Waals surface area contributed by atoms with Gasteiger partial charge in [-0.2, -0.15) is 0 Å². The van der Waals surface area contributed by atoms with E-state index in [1.165, 1.54) is 19.3 Å². The molecule has 13 heavy (non-hydrogen) atoms. The molecule has 0 bridgehead atoms. The van der Waals surface area contributed by atoms with Crippen LogP contribution in [0, 0.1) is 5.92 Å². The van der Waals surface area contributed by atoms with Gasteiger partial charge in [0.2, 0.25) is 5.95 Å². The monoisotopic (exact) mass is 181 g/mol. The summed E-state index contributed by atoms with van der Waals surface area (Å²) >= 11 is 0. The lowest BCUT2D eigenvalue weighted by Gasteiger charge is -2.12. The van der Waals surface area contributed by atoms with E-state index in [1.54, 1.807) is 4.68 Å². The molecule has 0 radical (unpaired) electrons. The molecule has 1 atom stereocenters. The third-order valence-corrected chi connectivity index (χ3v) is 2.38. The second-order valence-electron chi connectivity index (χ2n) is 3.85. The van der Waals surface area contributed by atoms with E-state index >= 15 is 0 Å². The molecular formula is C8H15N5. The Labute approximate surface area is 77.5 Å². The minimum Gasteiger partial charge on any atom is -0.351 e. The first-order valence-electron chi connectivity index (χ1n) is 4.74. The zero-order valence-electron chi connectivity index (χ0n) is 8.06. The lowest BCUT2D eigenvalue weighted by Crippen LogP contribution is -2.18. The molecule has 0 amide bonds. The molecular weight excluding hydrogens is 166 g/mol. The maximum Gasteiger partial charge on any atom is 0.242 e. The normalized spacial score (nSPS) is 18.6.